The van der Waals surface area contributed by atoms with Crippen molar-refractivity contribution < 1.29 is 29.1 Å². The molecule has 6 nitrogen and oxygen atoms in total. The molecule has 0 saturated carbocycles. The molecule has 0 aliphatic heterocycles. The molecule has 0 bridgehead atoms. The van der Waals surface area contributed by atoms with Crippen LogP contribution >= 0.6 is 7.82 Å². The van der Waals surface area contributed by atoms with Gasteiger partial charge < -0.3 is 19.4 Å². The van der Waals surface area contributed by atoms with E-state index >= 15 is 0 Å². The summed E-state index contributed by atoms with van der Waals surface area (Å²) in [6.07, 6.45) is 1.62. The summed E-state index contributed by atoms with van der Waals surface area (Å²) in [5.41, 5.74) is 0. The second-order valence-electron chi connectivity index (χ2n) is 1.58. The first kappa shape index (κ1) is 14.3. The first-order valence-corrected chi connectivity index (χ1v) is 4.53. The molecule has 3 N–H and O–H groups in total. The highest BCUT2D eigenvalue weighted by molar-refractivity contribution is 7.45. The van der Waals surface area contributed by atoms with E-state index in [-0.39, 0.29) is 6.61 Å². The zero-order chi connectivity index (χ0) is 10.0. The highest BCUT2D eigenvalue weighted by Crippen LogP contribution is 2.25. The third kappa shape index (κ3) is 52.9. The fourth-order valence-corrected chi connectivity index (χ4v) is 0.226. The molecular formula is C5H12O6P. The monoisotopic (exact) mass is 199 g/mol. The smallest absolute Gasteiger partial charge is 0.375 e. The number of phosphoric acid groups is 1. The fourth-order valence-electron chi connectivity index (χ4n) is 0.226. The maximum atomic E-state index is 9.65. The molecule has 0 aliphatic rings. The van der Waals surface area contributed by atoms with Crippen LogP contribution < -0.4 is 0 Å². The normalized spacial score (nSPS) is 10.0. The maximum absolute atomic E-state index is 9.65. The molecule has 0 spiro atoms. The van der Waals surface area contributed by atoms with Gasteiger partial charge in [-0.1, -0.05) is 6.08 Å². The Morgan fingerprint density at radius 1 is 1.42 bits per heavy atom. The summed E-state index contributed by atoms with van der Waals surface area (Å²) in [5, 5.41) is 9.65. The molecule has 1 radical (unpaired) electrons. The summed E-state index contributed by atoms with van der Waals surface area (Å²) in [7, 11) is -4.64. The van der Waals surface area contributed by atoms with Crippen LogP contribution in [0.5, 0.6) is 0 Å². The van der Waals surface area contributed by atoms with Gasteiger partial charge in [-0.3, -0.25) is 0 Å². The summed E-state index contributed by atoms with van der Waals surface area (Å²) in [4.78, 5) is 21.6. The highest BCUT2D eigenvalue weighted by Gasteiger charge is 2.00. The van der Waals surface area contributed by atoms with Crippen molar-refractivity contribution in [1.82, 2.24) is 0 Å². The SMILES string of the molecule is C=CCOCC[O].O=P(O)(O)O. The summed E-state index contributed by atoms with van der Waals surface area (Å²) < 4.78 is 13.6. The first-order chi connectivity index (χ1) is 5.41. The summed E-state index contributed by atoms with van der Waals surface area (Å²) >= 11 is 0. The Kier molecular flexibility index (Phi) is 10.6. The molecule has 73 valence electrons. The molecule has 7 heteroatoms. The van der Waals surface area contributed by atoms with Crippen LogP contribution in [0.4, 0.5) is 0 Å². The average Bonchev–Trinajstić information content (AvgIpc) is 1.85. The molecule has 0 saturated heterocycles. The van der Waals surface area contributed by atoms with E-state index < -0.39 is 7.82 Å². The Bertz CT molecular complexity index is 133. The van der Waals surface area contributed by atoms with Gasteiger partial charge in [0.1, 0.15) is 6.61 Å². The lowest BCUT2D eigenvalue weighted by molar-refractivity contribution is 0.0781. The fraction of sp³-hybridized carbons (Fsp3) is 0.600. The van der Waals surface area contributed by atoms with Crippen LogP contribution in [-0.2, 0) is 14.4 Å². The van der Waals surface area contributed by atoms with Crippen LogP contribution in [0.1, 0.15) is 0 Å². The largest absolute Gasteiger partial charge is 0.466 e. The van der Waals surface area contributed by atoms with E-state index in [0.717, 1.165) is 0 Å². The van der Waals surface area contributed by atoms with E-state index in [2.05, 4.69) is 6.58 Å². The van der Waals surface area contributed by atoms with E-state index in [1.165, 1.54) is 0 Å². The van der Waals surface area contributed by atoms with Gasteiger partial charge in [-0.05, 0) is 0 Å². The second-order valence-corrected chi connectivity index (χ2v) is 2.61. The minimum Gasteiger partial charge on any atom is -0.375 e. The van der Waals surface area contributed by atoms with E-state index in [9.17, 15) is 5.11 Å². The molecule has 0 aromatic carbocycles. The van der Waals surface area contributed by atoms with Gasteiger partial charge in [-0.15, -0.1) is 6.58 Å². The van der Waals surface area contributed by atoms with Crippen molar-refractivity contribution in [2.24, 2.45) is 0 Å². The van der Waals surface area contributed by atoms with E-state index in [1.54, 1.807) is 6.08 Å². The van der Waals surface area contributed by atoms with Gasteiger partial charge in [-0.2, -0.15) is 0 Å². The Hall–Kier alpha value is -0.230. The van der Waals surface area contributed by atoms with E-state index in [4.69, 9.17) is 24.0 Å². The second kappa shape index (κ2) is 8.86. The van der Waals surface area contributed by atoms with Crippen LogP contribution in [-0.4, -0.2) is 34.5 Å². The van der Waals surface area contributed by atoms with Gasteiger partial charge >= 0.3 is 7.82 Å². The summed E-state index contributed by atoms with van der Waals surface area (Å²) in [6.45, 7) is 4.03. The van der Waals surface area contributed by atoms with Gasteiger partial charge in [0.05, 0.1) is 13.2 Å². The van der Waals surface area contributed by atoms with Crippen molar-refractivity contribution >= 4 is 7.82 Å². The molecule has 0 aromatic rings. The first-order valence-electron chi connectivity index (χ1n) is 2.97. The minimum atomic E-state index is -4.64. The molecule has 12 heavy (non-hydrogen) atoms. The van der Waals surface area contributed by atoms with Gasteiger partial charge in [0.15, 0.2) is 0 Å². The number of ether oxygens (including phenoxy) is 1. The Labute approximate surface area is 70.4 Å². The van der Waals surface area contributed by atoms with Gasteiger partial charge in [0.2, 0.25) is 0 Å². The number of hydrogen-bond donors (Lipinski definition) is 3. The molecule has 0 atom stereocenters. The summed E-state index contributed by atoms with van der Waals surface area (Å²) in [5.74, 6) is 0. The predicted molar refractivity (Wildman–Crippen MR) is 40.8 cm³/mol. The minimum absolute atomic E-state index is 0.159. The topological polar surface area (TPSA) is 107 Å². The van der Waals surface area contributed by atoms with Crippen molar-refractivity contribution in [1.29, 1.82) is 0 Å². The van der Waals surface area contributed by atoms with Crippen molar-refractivity contribution in [3.63, 3.8) is 0 Å². The lowest BCUT2D eigenvalue weighted by Crippen LogP contribution is -1.96. The van der Waals surface area contributed by atoms with Gasteiger partial charge in [0.25, 0.3) is 0 Å². The zero-order valence-electron chi connectivity index (χ0n) is 6.42. The van der Waals surface area contributed by atoms with Crippen molar-refractivity contribution in [2.45, 2.75) is 0 Å². The third-order valence-corrected chi connectivity index (χ3v) is 0.463. The van der Waals surface area contributed by atoms with Crippen LogP contribution in [0.2, 0.25) is 0 Å². The Morgan fingerprint density at radius 2 is 1.83 bits per heavy atom. The van der Waals surface area contributed by atoms with Gasteiger partial charge in [-0.25, -0.2) is 9.67 Å². The lowest BCUT2D eigenvalue weighted by Gasteiger charge is -1.91. The molecular weight excluding hydrogens is 187 g/mol. The van der Waals surface area contributed by atoms with Crippen LogP contribution in [0, 0.1) is 0 Å². The highest BCUT2D eigenvalue weighted by atomic mass is 31.2. The molecule has 0 fully saturated rings. The Balaban J connectivity index is 0. The number of hydrogen-bond acceptors (Lipinski definition) is 2. The molecule has 0 rings (SSSR count). The quantitative estimate of drug-likeness (QED) is 0.327. The lowest BCUT2D eigenvalue weighted by atomic mass is 10.7. The molecule has 0 aromatic heterocycles. The molecule has 0 amide bonds. The van der Waals surface area contributed by atoms with Crippen LogP contribution in [0.3, 0.4) is 0 Å². The van der Waals surface area contributed by atoms with Crippen molar-refractivity contribution in [2.75, 3.05) is 19.8 Å². The van der Waals surface area contributed by atoms with E-state index in [0.29, 0.717) is 13.2 Å². The molecule has 0 unspecified atom stereocenters. The maximum Gasteiger partial charge on any atom is 0.466 e. The zero-order valence-corrected chi connectivity index (χ0v) is 7.31. The third-order valence-electron chi connectivity index (χ3n) is 0.463. The standard InChI is InChI=1S/C5H9O2.H3O4P/c1-2-4-7-5-3-6;1-5(2,3)4/h2H,1,3-5H2;(H3,1,2,3,4). The molecule has 0 heterocycles. The Morgan fingerprint density at radius 3 is 2.08 bits per heavy atom. The van der Waals surface area contributed by atoms with Crippen molar-refractivity contribution in [3.05, 3.63) is 12.7 Å². The summed E-state index contributed by atoms with van der Waals surface area (Å²) in [6, 6.07) is 0. The predicted octanol–water partition coefficient (Wildman–Crippen LogP) is -0.309. The van der Waals surface area contributed by atoms with Crippen molar-refractivity contribution in [3.8, 4) is 0 Å². The van der Waals surface area contributed by atoms with E-state index in [1.807, 2.05) is 0 Å². The van der Waals surface area contributed by atoms with Gasteiger partial charge in [0, 0.05) is 0 Å². The van der Waals surface area contributed by atoms with Crippen LogP contribution in [0.25, 0.3) is 0 Å². The van der Waals surface area contributed by atoms with Crippen LogP contribution in [0.15, 0.2) is 12.7 Å². The average molecular weight is 199 g/mol. The number of rotatable bonds is 4. The molecule has 0 aliphatic carbocycles.